The molecule has 0 unspecified atom stereocenters. The molecule has 0 atom stereocenters. The second kappa shape index (κ2) is 6.71. The van der Waals surface area contributed by atoms with Crippen molar-refractivity contribution in [3.8, 4) is 0 Å². The normalized spacial score (nSPS) is 18.9. The third kappa shape index (κ3) is 2.99. The van der Waals surface area contributed by atoms with Gasteiger partial charge in [0.05, 0.1) is 0 Å². The van der Waals surface area contributed by atoms with Gasteiger partial charge in [0.2, 0.25) is 0 Å². The van der Waals surface area contributed by atoms with Crippen LogP contribution in [-0.4, -0.2) is 51.2 Å². The highest BCUT2D eigenvalue weighted by Crippen LogP contribution is 2.38. The average Bonchev–Trinajstić information content (AvgIpc) is 2.83. The van der Waals surface area contributed by atoms with E-state index < -0.39 is 0 Å². The first kappa shape index (κ1) is 15.4. The molecule has 1 aromatic carbocycles. The minimum atomic E-state index is 0.813. The van der Waals surface area contributed by atoms with Crippen LogP contribution in [-0.2, 0) is 6.42 Å². The van der Waals surface area contributed by atoms with Gasteiger partial charge in [-0.2, -0.15) is 0 Å². The zero-order valence-electron chi connectivity index (χ0n) is 13.7. The largest absolute Gasteiger partial charge is 0.369 e. The van der Waals surface area contributed by atoms with Crippen molar-refractivity contribution >= 4 is 11.4 Å². The van der Waals surface area contributed by atoms with Gasteiger partial charge >= 0.3 is 0 Å². The van der Waals surface area contributed by atoms with Gasteiger partial charge in [0.25, 0.3) is 0 Å². The number of piperazine rings is 1. The number of nitrogens with two attached hydrogens (primary N) is 1. The lowest BCUT2D eigenvalue weighted by molar-refractivity contribution is 0.253. The molecule has 1 saturated heterocycles. The Morgan fingerprint density at radius 3 is 2.55 bits per heavy atom. The van der Waals surface area contributed by atoms with Crippen LogP contribution in [0.15, 0.2) is 30.5 Å². The number of hydrogen-bond acceptors (Lipinski definition) is 4. The Morgan fingerprint density at radius 2 is 1.82 bits per heavy atom. The van der Waals surface area contributed by atoms with Gasteiger partial charge in [-0.25, -0.2) is 0 Å². The fourth-order valence-electron chi connectivity index (χ4n) is 3.54. The van der Waals surface area contributed by atoms with Crippen LogP contribution in [0.4, 0.5) is 11.4 Å². The summed E-state index contributed by atoms with van der Waals surface area (Å²) in [6, 6.07) is 6.66. The molecule has 1 aromatic rings. The lowest BCUT2D eigenvalue weighted by Gasteiger charge is -2.37. The number of nitrogens with zero attached hydrogens (tertiary/aromatic N) is 3. The van der Waals surface area contributed by atoms with Crippen LogP contribution in [0.3, 0.4) is 0 Å². The number of rotatable bonds is 5. The summed E-state index contributed by atoms with van der Waals surface area (Å²) in [5, 5.41) is 0. The van der Waals surface area contributed by atoms with Crippen molar-refractivity contribution in [1.82, 2.24) is 4.90 Å². The Kier molecular flexibility index (Phi) is 4.69. The highest BCUT2D eigenvalue weighted by Gasteiger charge is 2.25. The molecule has 4 heteroatoms. The second-order valence-electron chi connectivity index (χ2n) is 6.40. The van der Waals surface area contributed by atoms with E-state index in [2.05, 4.69) is 46.5 Å². The Labute approximate surface area is 134 Å². The van der Waals surface area contributed by atoms with Gasteiger partial charge in [-0.05, 0) is 38.1 Å². The number of hydrogen-bond donors (Lipinski definition) is 1. The Balaban J connectivity index is 1.64. The van der Waals surface area contributed by atoms with Gasteiger partial charge in [-0.15, -0.1) is 0 Å². The first-order chi connectivity index (χ1) is 10.7. The van der Waals surface area contributed by atoms with Crippen molar-refractivity contribution in [3.63, 3.8) is 0 Å². The summed E-state index contributed by atoms with van der Waals surface area (Å²) in [4.78, 5) is 7.34. The van der Waals surface area contributed by atoms with E-state index in [0.29, 0.717) is 0 Å². The summed E-state index contributed by atoms with van der Waals surface area (Å²) in [6.07, 6.45) is 3.35. The van der Waals surface area contributed by atoms with E-state index in [0.717, 1.165) is 45.6 Å². The van der Waals surface area contributed by atoms with Crippen LogP contribution in [0.25, 0.3) is 0 Å². The summed E-state index contributed by atoms with van der Waals surface area (Å²) >= 11 is 0. The molecule has 0 radical (unpaired) electrons. The van der Waals surface area contributed by atoms with Gasteiger partial charge in [0.15, 0.2) is 0 Å². The maximum absolute atomic E-state index is 5.58. The molecule has 0 aromatic heterocycles. The monoisotopic (exact) mass is 300 g/mol. The summed E-state index contributed by atoms with van der Waals surface area (Å²) in [5.74, 6) is 0. The SMILES string of the molecule is C=C1Cc2c(N3CCN(CCCCN)CC3)cccc2N1C. The molecule has 3 rings (SSSR count). The molecule has 22 heavy (non-hydrogen) atoms. The van der Waals surface area contributed by atoms with Crippen LogP contribution in [0.2, 0.25) is 0 Å². The summed E-state index contributed by atoms with van der Waals surface area (Å²) in [7, 11) is 2.12. The molecule has 0 saturated carbocycles. The zero-order chi connectivity index (χ0) is 15.5. The molecule has 2 heterocycles. The van der Waals surface area contributed by atoms with Crippen molar-refractivity contribution in [2.45, 2.75) is 19.3 Å². The van der Waals surface area contributed by atoms with E-state index in [1.54, 1.807) is 0 Å². The molecule has 0 aliphatic carbocycles. The summed E-state index contributed by atoms with van der Waals surface area (Å²) in [6.45, 7) is 10.7. The third-order valence-corrected chi connectivity index (χ3v) is 4.98. The lowest BCUT2D eigenvalue weighted by Crippen LogP contribution is -2.46. The van der Waals surface area contributed by atoms with Gasteiger partial charge in [-0.1, -0.05) is 12.6 Å². The number of likely N-dealkylation sites (N-methyl/N-ethyl adjacent to an activating group) is 1. The topological polar surface area (TPSA) is 35.7 Å². The predicted octanol–water partition coefficient (Wildman–Crippen LogP) is 2.05. The molecule has 120 valence electrons. The fraction of sp³-hybridized carbons (Fsp3) is 0.556. The number of fused-ring (bicyclic) bond motifs is 1. The van der Waals surface area contributed by atoms with Crippen molar-refractivity contribution in [2.24, 2.45) is 5.73 Å². The van der Waals surface area contributed by atoms with Crippen LogP contribution in [0, 0.1) is 0 Å². The van der Waals surface area contributed by atoms with Crippen molar-refractivity contribution in [3.05, 3.63) is 36.0 Å². The van der Waals surface area contributed by atoms with E-state index in [1.165, 1.54) is 35.6 Å². The van der Waals surface area contributed by atoms with Gasteiger partial charge in [0.1, 0.15) is 0 Å². The molecule has 2 aliphatic heterocycles. The van der Waals surface area contributed by atoms with Crippen LogP contribution < -0.4 is 15.5 Å². The zero-order valence-corrected chi connectivity index (χ0v) is 13.7. The highest BCUT2D eigenvalue weighted by molar-refractivity contribution is 5.74. The molecule has 4 nitrogen and oxygen atoms in total. The van der Waals surface area contributed by atoms with E-state index in [4.69, 9.17) is 5.73 Å². The van der Waals surface area contributed by atoms with E-state index >= 15 is 0 Å². The van der Waals surface area contributed by atoms with Gasteiger partial charge < -0.3 is 15.5 Å². The van der Waals surface area contributed by atoms with Crippen LogP contribution in [0.5, 0.6) is 0 Å². The van der Waals surface area contributed by atoms with Crippen molar-refractivity contribution in [1.29, 1.82) is 0 Å². The average molecular weight is 300 g/mol. The van der Waals surface area contributed by atoms with E-state index in [1.807, 2.05) is 0 Å². The standard InChI is InChI=1S/C18H28N4/c1-15-14-16-17(20(15)2)6-5-7-18(16)22-12-10-21(11-13-22)9-4-3-8-19/h5-7H,1,3-4,8-14,19H2,2H3. The van der Waals surface area contributed by atoms with Crippen molar-refractivity contribution < 1.29 is 0 Å². The molecular weight excluding hydrogens is 272 g/mol. The summed E-state index contributed by atoms with van der Waals surface area (Å²) < 4.78 is 0. The van der Waals surface area contributed by atoms with E-state index in [-0.39, 0.29) is 0 Å². The molecule has 0 bridgehead atoms. The maximum Gasteiger partial charge on any atom is 0.0462 e. The van der Waals surface area contributed by atoms with Crippen LogP contribution in [0.1, 0.15) is 18.4 Å². The molecule has 2 aliphatic rings. The molecular formula is C18H28N4. The molecule has 0 amide bonds. The molecule has 0 spiro atoms. The second-order valence-corrected chi connectivity index (χ2v) is 6.40. The number of benzene rings is 1. The Hall–Kier alpha value is -1.52. The summed E-state index contributed by atoms with van der Waals surface area (Å²) in [5.41, 5.74) is 11.0. The number of unbranched alkanes of at least 4 members (excludes halogenated alkanes) is 1. The maximum atomic E-state index is 5.58. The smallest absolute Gasteiger partial charge is 0.0462 e. The Bertz CT molecular complexity index is 532. The first-order valence-electron chi connectivity index (χ1n) is 8.41. The minimum Gasteiger partial charge on any atom is -0.369 e. The van der Waals surface area contributed by atoms with Gasteiger partial charge in [-0.3, -0.25) is 4.90 Å². The van der Waals surface area contributed by atoms with E-state index in [9.17, 15) is 0 Å². The van der Waals surface area contributed by atoms with Crippen LogP contribution >= 0.6 is 0 Å². The lowest BCUT2D eigenvalue weighted by atomic mass is 10.1. The minimum absolute atomic E-state index is 0.813. The van der Waals surface area contributed by atoms with Crippen molar-refractivity contribution in [2.75, 3.05) is 56.1 Å². The fourth-order valence-corrected chi connectivity index (χ4v) is 3.54. The number of anilines is 2. The van der Waals surface area contributed by atoms with Gasteiger partial charge in [0, 0.05) is 62.3 Å². The quantitative estimate of drug-likeness (QED) is 0.844. The Morgan fingerprint density at radius 1 is 1.09 bits per heavy atom. The highest BCUT2D eigenvalue weighted by atomic mass is 15.3. The number of allylic oxidation sites excluding steroid dienone is 1. The molecule has 2 N–H and O–H groups in total. The predicted molar refractivity (Wildman–Crippen MR) is 94.6 cm³/mol. The molecule has 1 fully saturated rings. The first-order valence-corrected chi connectivity index (χ1v) is 8.41. The third-order valence-electron chi connectivity index (χ3n) is 4.98.